The maximum Gasteiger partial charge on any atom is 0.119 e. The molecule has 0 N–H and O–H groups in total. The predicted molar refractivity (Wildman–Crippen MR) is 374 cm³/mol. The summed E-state index contributed by atoms with van der Waals surface area (Å²) in [6.07, 6.45) is 23.2. The smallest absolute Gasteiger partial charge is 0.119 e. The third kappa shape index (κ3) is 25.5. The number of unbranched alkanes of at least 4 members (excludes halogenated alkanes) is 2. The SMILES string of the molecule is C(=Nc1ccccc1)c1cccc(C=Nc2ccccc2)c1.C(=Nc1ccccc1)c1cncc(C=Nc2ccccc2)c1.CCCCN=Cc1cccc(C=NCCCC)c1.COc1ccc(N=Cc2cccc(C=Nc3ccc(OC)cc3)c2)cc1. The predicted octanol–water partition coefficient (Wildman–Crippen LogP) is 19.1. The number of benzene rings is 9. The quantitative estimate of drug-likeness (QED) is 0.0495. The Bertz CT molecular complexity index is 3450. The first-order valence-corrected chi connectivity index (χ1v) is 29.4. The monoisotopic (exact) mass is 1160 g/mol. The number of rotatable bonds is 22. The Morgan fingerprint density at radius 3 is 0.807 bits per heavy atom. The van der Waals surface area contributed by atoms with Gasteiger partial charge in [-0.2, -0.15) is 0 Å². The molecule has 0 saturated carbocycles. The van der Waals surface area contributed by atoms with Gasteiger partial charge in [0.25, 0.3) is 0 Å². The Morgan fingerprint density at radius 1 is 0.284 bits per heavy atom. The van der Waals surface area contributed by atoms with E-state index in [-0.39, 0.29) is 0 Å². The molecule has 0 saturated heterocycles. The van der Waals surface area contributed by atoms with Gasteiger partial charge in [0.05, 0.1) is 48.3 Å². The lowest BCUT2D eigenvalue weighted by Gasteiger charge is -2.00. The van der Waals surface area contributed by atoms with Crippen LogP contribution in [0.3, 0.4) is 0 Å². The minimum atomic E-state index is 0.820. The number of methoxy groups -OCH3 is 2. The molecule has 11 heteroatoms. The second-order valence-corrected chi connectivity index (χ2v) is 19.6. The van der Waals surface area contributed by atoms with Crippen LogP contribution in [0.2, 0.25) is 0 Å². The molecule has 440 valence electrons. The zero-order chi connectivity index (χ0) is 61.3. The van der Waals surface area contributed by atoms with E-state index in [2.05, 4.69) is 89.1 Å². The molecule has 10 rings (SSSR count). The molecule has 0 amide bonds. The van der Waals surface area contributed by atoms with E-state index in [0.29, 0.717) is 0 Å². The molecule has 0 atom stereocenters. The molecule has 0 unspecified atom stereocenters. The normalized spacial score (nSPS) is 11.3. The molecular formula is C77H75N9O2. The van der Waals surface area contributed by atoms with Gasteiger partial charge in [-0.15, -0.1) is 0 Å². The van der Waals surface area contributed by atoms with E-state index in [9.17, 15) is 0 Å². The van der Waals surface area contributed by atoms with Gasteiger partial charge in [-0.3, -0.25) is 44.9 Å². The van der Waals surface area contributed by atoms with Gasteiger partial charge in [0.2, 0.25) is 0 Å². The highest BCUT2D eigenvalue weighted by molar-refractivity contribution is 5.90. The molecule has 0 bridgehead atoms. The van der Waals surface area contributed by atoms with Crippen molar-refractivity contribution < 1.29 is 9.47 Å². The molecule has 1 heterocycles. The number of hydrogen-bond acceptors (Lipinski definition) is 11. The molecule has 0 aliphatic carbocycles. The molecule has 1 aromatic heterocycles. The Balaban J connectivity index is 0.000000169. The van der Waals surface area contributed by atoms with Crippen LogP contribution in [0, 0.1) is 0 Å². The highest BCUT2D eigenvalue weighted by Gasteiger charge is 1.99. The summed E-state index contributed by atoms with van der Waals surface area (Å²) >= 11 is 0. The molecule has 0 aliphatic rings. The van der Waals surface area contributed by atoms with Gasteiger partial charge in [0.1, 0.15) is 11.5 Å². The van der Waals surface area contributed by atoms with E-state index in [4.69, 9.17) is 9.47 Å². The lowest BCUT2D eigenvalue weighted by molar-refractivity contribution is 0.415. The van der Waals surface area contributed by atoms with E-state index >= 15 is 0 Å². The summed E-state index contributed by atoms with van der Waals surface area (Å²) < 4.78 is 10.3. The Labute approximate surface area is 519 Å². The number of aliphatic imine (C=N–C) groups is 8. The van der Waals surface area contributed by atoms with Gasteiger partial charge in [-0.05, 0) is 168 Å². The van der Waals surface area contributed by atoms with E-state index in [0.717, 1.165) is 116 Å². The third-order valence-corrected chi connectivity index (χ3v) is 12.6. The minimum absolute atomic E-state index is 0.820. The second-order valence-electron chi connectivity index (χ2n) is 19.6. The summed E-state index contributed by atoms with van der Waals surface area (Å²) in [7, 11) is 3.30. The standard InChI is InChI=1S/C22H20N2O2.C20H16N2.C19H15N3.C16H24N2/c1-25-21-10-6-19(7-11-21)23-15-17-4-3-5-18(14-17)16-24-20-8-12-22(26-2)13-9-20;1-3-10-19(11-4-1)21-15-17-8-7-9-18(14-17)16-22-20-12-5-2-6-13-20;1-3-7-18(8-4-1)21-14-16-11-17(13-20-12-16)15-22-19-9-5-2-6-10-19;1-3-5-10-17-13-15-8-7-9-16(12-15)14-18-11-6-4-2/h3-16H,1-2H3;1-16H;1-15H;7-9,12-14H,3-6,10-11H2,1-2H3. The number of nitrogens with zero attached hydrogens (tertiary/aromatic N) is 9. The van der Waals surface area contributed by atoms with Crippen LogP contribution in [-0.2, 0) is 0 Å². The number of pyridine rings is 1. The Kier molecular flexibility index (Phi) is 28.5. The van der Waals surface area contributed by atoms with Crippen molar-refractivity contribution in [3.63, 3.8) is 0 Å². The van der Waals surface area contributed by atoms with Crippen LogP contribution in [0.15, 0.2) is 301 Å². The topological polar surface area (TPSA) is 130 Å². The maximum absolute atomic E-state index is 5.15. The van der Waals surface area contributed by atoms with Crippen molar-refractivity contribution in [3.8, 4) is 11.5 Å². The van der Waals surface area contributed by atoms with E-state index in [1.165, 1.54) is 12.8 Å². The van der Waals surface area contributed by atoms with Crippen LogP contribution in [-0.4, -0.2) is 82.0 Å². The highest BCUT2D eigenvalue weighted by Crippen LogP contribution is 2.20. The van der Waals surface area contributed by atoms with Crippen molar-refractivity contribution in [3.05, 3.63) is 306 Å². The number of ether oxygens (including phenoxy) is 2. The first kappa shape index (κ1) is 64.6. The van der Waals surface area contributed by atoms with Gasteiger partial charge < -0.3 is 9.47 Å². The lowest BCUT2D eigenvalue weighted by atomic mass is 10.1. The van der Waals surface area contributed by atoms with Gasteiger partial charge in [-0.1, -0.05) is 154 Å². The fraction of sp³-hybridized carbons (Fsp3) is 0.130. The first-order valence-electron chi connectivity index (χ1n) is 29.4. The van der Waals surface area contributed by atoms with Gasteiger partial charge in [0, 0.05) is 86.3 Å². The average molecular weight is 1160 g/mol. The van der Waals surface area contributed by atoms with E-state index < -0.39 is 0 Å². The van der Waals surface area contributed by atoms with Crippen LogP contribution >= 0.6 is 0 Å². The molecule has 0 radical (unpaired) electrons. The maximum atomic E-state index is 5.15. The van der Waals surface area contributed by atoms with E-state index in [1.54, 1.807) is 26.6 Å². The van der Waals surface area contributed by atoms with Crippen LogP contribution in [0.1, 0.15) is 84.0 Å². The van der Waals surface area contributed by atoms with Gasteiger partial charge in [0.15, 0.2) is 0 Å². The zero-order valence-electron chi connectivity index (χ0n) is 50.5. The summed E-state index contributed by atoms with van der Waals surface area (Å²) in [6.45, 7) is 6.21. The highest BCUT2D eigenvalue weighted by atomic mass is 16.5. The molecule has 10 aromatic rings. The van der Waals surface area contributed by atoms with Crippen LogP contribution < -0.4 is 9.47 Å². The zero-order valence-corrected chi connectivity index (χ0v) is 50.5. The third-order valence-electron chi connectivity index (χ3n) is 12.6. The van der Waals surface area contributed by atoms with Gasteiger partial charge >= 0.3 is 0 Å². The van der Waals surface area contributed by atoms with Crippen molar-refractivity contribution in [1.29, 1.82) is 0 Å². The second kappa shape index (κ2) is 38.8. The summed E-state index contributed by atoms with van der Waals surface area (Å²) in [5, 5.41) is 0. The summed E-state index contributed by atoms with van der Waals surface area (Å²) in [5.41, 5.74) is 13.8. The molecule has 11 nitrogen and oxygen atoms in total. The minimum Gasteiger partial charge on any atom is -0.497 e. The number of hydrogen-bond donors (Lipinski definition) is 0. The average Bonchev–Trinajstić information content (AvgIpc) is 3.74. The molecule has 9 aromatic carbocycles. The number of para-hydroxylation sites is 4. The van der Waals surface area contributed by atoms with Crippen molar-refractivity contribution in [2.24, 2.45) is 39.9 Å². The fourth-order valence-corrected chi connectivity index (χ4v) is 7.90. The summed E-state index contributed by atoms with van der Waals surface area (Å²) in [4.78, 5) is 39.8. The molecule has 88 heavy (non-hydrogen) atoms. The molecule has 0 fully saturated rings. The van der Waals surface area contributed by atoms with E-state index in [1.807, 2.05) is 268 Å². The van der Waals surface area contributed by atoms with Crippen molar-refractivity contribution in [2.75, 3.05) is 27.3 Å². The van der Waals surface area contributed by atoms with Crippen LogP contribution in [0.25, 0.3) is 0 Å². The Hall–Kier alpha value is -10.9. The summed E-state index contributed by atoms with van der Waals surface area (Å²) in [5.74, 6) is 1.64. The Morgan fingerprint density at radius 2 is 0.534 bits per heavy atom. The molecule has 0 aliphatic heterocycles. The van der Waals surface area contributed by atoms with Crippen molar-refractivity contribution >= 4 is 83.8 Å². The fourth-order valence-electron chi connectivity index (χ4n) is 7.90. The molecular weight excluding hydrogens is 1080 g/mol. The first-order chi connectivity index (χ1) is 43.4. The lowest BCUT2D eigenvalue weighted by Crippen LogP contribution is -1.89. The molecule has 0 spiro atoms. The largest absolute Gasteiger partial charge is 0.497 e. The van der Waals surface area contributed by atoms with Crippen molar-refractivity contribution in [1.82, 2.24) is 4.98 Å². The van der Waals surface area contributed by atoms with Crippen LogP contribution in [0.5, 0.6) is 11.5 Å². The van der Waals surface area contributed by atoms with Crippen molar-refractivity contribution in [2.45, 2.75) is 39.5 Å². The van der Waals surface area contributed by atoms with Crippen LogP contribution in [0.4, 0.5) is 34.1 Å². The summed E-state index contributed by atoms with van der Waals surface area (Å²) in [6, 6.07) is 81.3. The van der Waals surface area contributed by atoms with Gasteiger partial charge in [-0.25, -0.2) is 0 Å². The number of aromatic nitrogens is 1.